The number of hydrogen-bond donors (Lipinski definition) is 1. The molecule has 0 atom stereocenters. The molecule has 0 amide bonds. The van der Waals surface area contributed by atoms with Crippen LogP contribution < -0.4 is 0 Å². The van der Waals surface area contributed by atoms with Crippen LogP contribution in [0.15, 0.2) is 36.4 Å². The van der Waals surface area contributed by atoms with Gasteiger partial charge in [-0.25, -0.2) is 0 Å². The summed E-state index contributed by atoms with van der Waals surface area (Å²) in [6, 6.07) is 10.2. The van der Waals surface area contributed by atoms with E-state index in [4.69, 9.17) is 0 Å². The van der Waals surface area contributed by atoms with Crippen LogP contribution in [0.3, 0.4) is 0 Å². The number of benzene rings is 2. The van der Waals surface area contributed by atoms with Gasteiger partial charge >= 0.3 is 0 Å². The molecule has 0 heterocycles. The lowest BCUT2D eigenvalue weighted by molar-refractivity contribution is 0.0976. The molecular weight excluding hydrogens is 276 g/mol. The number of ketones is 2. The maximum atomic E-state index is 12.6. The Morgan fingerprint density at radius 3 is 2.23 bits per heavy atom. The largest absolute Gasteiger partial charge is 0.507 e. The molecule has 3 rings (SSSR count). The van der Waals surface area contributed by atoms with Gasteiger partial charge in [-0.1, -0.05) is 50.1 Å². The Hall–Kier alpha value is -2.42. The fraction of sp³-hybridized carbons (Fsp3) is 0.263. The Morgan fingerprint density at radius 2 is 1.55 bits per heavy atom. The van der Waals surface area contributed by atoms with Crippen molar-refractivity contribution >= 4 is 11.6 Å². The molecule has 0 radical (unpaired) electrons. The van der Waals surface area contributed by atoms with Gasteiger partial charge in [0.2, 0.25) is 0 Å². The molecule has 3 heteroatoms. The Labute approximate surface area is 129 Å². The summed E-state index contributed by atoms with van der Waals surface area (Å²) in [5.41, 5.74) is 2.00. The van der Waals surface area contributed by atoms with Gasteiger partial charge in [0, 0.05) is 16.7 Å². The summed E-state index contributed by atoms with van der Waals surface area (Å²) in [6.07, 6.45) is 3.85. The van der Waals surface area contributed by atoms with Crippen molar-refractivity contribution < 1.29 is 14.7 Å². The number of unbranched alkanes of at least 4 members (excludes halogenated alkanes) is 2. The van der Waals surface area contributed by atoms with Crippen molar-refractivity contribution in [1.82, 2.24) is 0 Å². The van der Waals surface area contributed by atoms with E-state index in [0.29, 0.717) is 16.7 Å². The standard InChI is InChI=1S/C19H18O3/c1-2-3-4-7-12-10-11-15-16(17(12)20)19(22)14-9-6-5-8-13(14)18(15)21/h5-6,8-11,20H,2-4,7H2,1H3. The molecule has 0 aromatic heterocycles. The first-order valence-electron chi connectivity index (χ1n) is 7.68. The minimum Gasteiger partial charge on any atom is -0.507 e. The Balaban J connectivity index is 2.07. The first-order chi connectivity index (χ1) is 10.6. The summed E-state index contributed by atoms with van der Waals surface area (Å²) in [6.45, 7) is 2.12. The summed E-state index contributed by atoms with van der Waals surface area (Å²) in [5, 5.41) is 10.5. The Bertz CT molecular complexity index is 759. The number of phenols is 1. The van der Waals surface area contributed by atoms with E-state index in [9.17, 15) is 14.7 Å². The minimum atomic E-state index is -0.264. The third kappa shape index (κ3) is 2.23. The van der Waals surface area contributed by atoms with Crippen molar-refractivity contribution in [1.29, 1.82) is 0 Å². The highest BCUT2D eigenvalue weighted by Gasteiger charge is 2.32. The number of aromatic hydroxyl groups is 1. The predicted molar refractivity (Wildman–Crippen MR) is 84.6 cm³/mol. The molecule has 1 N–H and O–H groups in total. The van der Waals surface area contributed by atoms with Gasteiger partial charge in [0.1, 0.15) is 5.75 Å². The fourth-order valence-electron chi connectivity index (χ4n) is 2.98. The highest BCUT2D eigenvalue weighted by Crippen LogP contribution is 2.35. The van der Waals surface area contributed by atoms with E-state index in [1.807, 2.05) is 0 Å². The zero-order valence-electron chi connectivity index (χ0n) is 12.6. The number of hydrogen-bond acceptors (Lipinski definition) is 3. The first-order valence-corrected chi connectivity index (χ1v) is 7.68. The summed E-state index contributed by atoms with van der Waals surface area (Å²) in [4.78, 5) is 25.2. The van der Waals surface area contributed by atoms with Gasteiger partial charge in [0.15, 0.2) is 11.6 Å². The van der Waals surface area contributed by atoms with E-state index >= 15 is 0 Å². The van der Waals surface area contributed by atoms with Crippen LogP contribution in [0.25, 0.3) is 0 Å². The molecular formula is C19H18O3. The van der Waals surface area contributed by atoms with Gasteiger partial charge in [-0.05, 0) is 24.5 Å². The topological polar surface area (TPSA) is 54.4 Å². The number of fused-ring (bicyclic) bond motifs is 2. The van der Waals surface area contributed by atoms with Crippen LogP contribution in [0.2, 0.25) is 0 Å². The van der Waals surface area contributed by atoms with Crippen LogP contribution in [0.4, 0.5) is 0 Å². The third-order valence-corrected chi connectivity index (χ3v) is 4.20. The molecule has 1 aliphatic carbocycles. The van der Waals surface area contributed by atoms with Crippen molar-refractivity contribution in [3.8, 4) is 5.75 Å². The fourth-order valence-corrected chi connectivity index (χ4v) is 2.98. The molecule has 0 spiro atoms. The second-order valence-electron chi connectivity index (χ2n) is 5.66. The molecule has 0 fully saturated rings. The van der Waals surface area contributed by atoms with Crippen LogP contribution in [0.1, 0.15) is 63.6 Å². The van der Waals surface area contributed by atoms with E-state index in [2.05, 4.69) is 6.92 Å². The van der Waals surface area contributed by atoms with Gasteiger partial charge in [-0.15, -0.1) is 0 Å². The Kier molecular flexibility index (Phi) is 3.80. The number of phenolic OH excluding ortho intramolecular Hbond substituents is 1. The summed E-state index contributed by atoms with van der Waals surface area (Å²) < 4.78 is 0. The summed E-state index contributed by atoms with van der Waals surface area (Å²) in [7, 11) is 0. The summed E-state index contributed by atoms with van der Waals surface area (Å²) >= 11 is 0. The quantitative estimate of drug-likeness (QED) is 0.742. The second kappa shape index (κ2) is 5.76. The molecule has 112 valence electrons. The number of rotatable bonds is 4. The minimum absolute atomic E-state index is 0.0264. The Morgan fingerprint density at radius 1 is 0.864 bits per heavy atom. The lowest BCUT2D eigenvalue weighted by Gasteiger charge is -2.19. The van der Waals surface area contributed by atoms with Crippen molar-refractivity contribution in [2.45, 2.75) is 32.6 Å². The molecule has 0 saturated heterocycles. The number of aryl methyl sites for hydroxylation is 1. The zero-order valence-corrected chi connectivity index (χ0v) is 12.6. The van der Waals surface area contributed by atoms with E-state index in [1.54, 1.807) is 36.4 Å². The lowest BCUT2D eigenvalue weighted by atomic mass is 9.82. The molecule has 2 aromatic rings. The summed E-state index contributed by atoms with van der Waals surface area (Å²) in [5.74, 6) is -0.484. The van der Waals surface area contributed by atoms with E-state index < -0.39 is 0 Å². The van der Waals surface area contributed by atoms with Crippen LogP contribution in [-0.2, 0) is 6.42 Å². The second-order valence-corrected chi connectivity index (χ2v) is 5.66. The van der Waals surface area contributed by atoms with Crippen molar-refractivity contribution in [3.05, 3.63) is 64.2 Å². The van der Waals surface area contributed by atoms with Gasteiger partial charge < -0.3 is 5.11 Å². The third-order valence-electron chi connectivity index (χ3n) is 4.20. The average Bonchev–Trinajstić information content (AvgIpc) is 2.54. The van der Waals surface area contributed by atoms with Crippen molar-refractivity contribution in [2.24, 2.45) is 0 Å². The molecule has 3 nitrogen and oxygen atoms in total. The van der Waals surface area contributed by atoms with E-state index in [0.717, 1.165) is 31.2 Å². The molecule has 0 aliphatic heterocycles. The predicted octanol–water partition coefficient (Wildman–Crippen LogP) is 3.90. The van der Waals surface area contributed by atoms with Gasteiger partial charge in [-0.3, -0.25) is 9.59 Å². The molecule has 0 bridgehead atoms. The highest BCUT2D eigenvalue weighted by atomic mass is 16.3. The van der Waals surface area contributed by atoms with Crippen LogP contribution in [0, 0.1) is 0 Å². The van der Waals surface area contributed by atoms with Gasteiger partial charge in [-0.2, -0.15) is 0 Å². The van der Waals surface area contributed by atoms with E-state index in [-0.39, 0.29) is 22.9 Å². The number of carbonyl (C=O) groups excluding carboxylic acids is 2. The highest BCUT2D eigenvalue weighted by molar-refractivity contribution is 6.29. The monoisotopic (exact) mass is 294 g/mol. The van der Waals surface area contributed by atoms with E-state index in [1.165, 1.54) is 0 Å². The molecule has 0 saturated carbocycles. The van der Waals surface area contributed by atoms with Crippen LogP contribution >= 0.6 is 0 Å². The smallest absolute Gasteiger partial charge is 0.198 e. The maximum absolute atomic E-state index is 12.6. The van der Waals surface area contributed by atoms with Crippen LogP contribution in [0.5, 0.6) is 5.75 Å². The van der Waals surface area contributed by atoms with Crippen molar-refractivity contribution in [2.75, 3.05) is 0 Å². The molecule has 22 heavy (non-hydrogen) atoms. The average molecular weight is 294 g/mol. The van der Waals surface area contributed by atoms with Gasteiger partial charge in [0.25, 0.3) is 0 Å². The van der Waals surface area contributed by atoms with Crippen molar-refractivity contribution in [3.63, 3.8) is 0 Å². The maximum Gasteiger partial charge on any atom is 0.198 e. The van der Waals surface area contributed by atoms with Gasteiger partial charge in [0.05, 0.1) is 5.56 Å². The lowest BCUT2D eigenvalue weighted by Crippen LogP contribution is -2.21. The zero-order chi connectivity index (χ0) is 15.7. The normalized spacial score (nSPS) is 13.0. The molecule has 1 aliphatic rings. The SMILES string of the molecule is CCCCCc1ccc2c(c1O)C(=O)c1ccccc1C2=O. The number of carbonyl (C=O) groups is 2. The van der Waals surface area contributed by atoms with Crippen LogP contribution in [-0.4, -0.2) is 16.7 Å². The first kappa shape index (κ1) is 14.5. The molecule has 0 unspecified atom stereocenters. The molecule has 2 aromatic carbocycles.